The summed E-state index contributed by atoms with van der Waals surface area (Å²) in [5, 5.41) is 12.7. The van der Waals surface area contributed by atoms with Gasteiger partial charge in [-0.15, -0.1) is 0 Å². The molecule has 0 spiro atoms. The van der Waals surface area contributed by atoms with Crippen LogP contribution in [0.5, 0.6) is 0 Å². The van der Waals surface area contributed by atoms with Gasteiger partial charge in [-0.25, -0.2) is 0 Å². The van der Waals surface area contributed by atoms with Gasteiger partial charge in [-0.3, -0.25) is 4.79 Å². The first kappa shape index (κ1) is 16.7. The van der Waals surface area contributed by atoms with Gasteiger partial charge in [0.25, 0.3) is 0 Å². The van der Waals surface area contributed by atoms with Crippen LogP contribution in [0.2, 0.25) is 0 Å². The zero-order valence-electron chi connectivity index (χ0n) is 13.3. The molecule has 2 fully saturated rings. The fourth-order valence-electron chi connectivity index (χ4n) is 3.36. The molecule has 2 aliphatic heterocycles. The van der Waals surface area contributed by atoms with Crippen molar-refractivity contribution in [1.29, 1.82) is 0 Å². The van der Waals surface area contributed by atoms with E-state index in [1.54, 1.807) is 0 Å². The van der Waals surface area contributed by atoms with Crippen LogP contribution in [0.3, 0.4) is 0 Å². The summed E-state index contributed by atoms with van der Waals surface area (Å²) in [7, 11) is 2.11. The topological polar surface area (TPSA) is 65.0 Å². The number of ether oxygens (including phenoxy) is 1. The number of likely N-dealkylation sites (tertiary alicyclic amines) is 1. The Morgan fingerprint density at radius 3 is 2.71 bits per heavy atom. The van der Waals surface area contributed by atoms with Crippen molar-refractivity contribution in [3.63, 3.8) is 0 Å². The average Bonchev–Trinajstić information content (AvgIpc) is 2.94. The minimum Gasteiger partial charge on any atom is -0.395 e. The lowest BCUT2D eigenvalue weighted by Crippen LogP contribution is -2.52. The van der Waals surface area contributed by atoms with Crippen molar-refractivity contribution < 1.29 is 14.6 Å². The molecule has 0 aromatic rings. The summed E-state index contributed by atoms with van der Waals surface area (Å²) in [6.07, 6.45) is 1.98. The monoisotopic (exact) mass is 299 g/mol. The van der Waals surface area contributed by atoms with Crippen molar-refractivity contribution >= 4 is 5.91 Å². The number of aliphatic hydroxyl groups excluding tert-OH is 1. The van der Waals surface area contributed by atoms with E-state index in [9.17, 15) is 9.90 Å². The Morgan fingerprint density at radius 2 is 2.10 bits per heavy atom. The second-order valence-corrected chi connectivity index (χ2v) is 6.10. The maximum atomic E-state index is 12.9. The van der Waals surface area contributed by atoms with Gasteiger partial charge in [-0.2, -0.15) is 0 Å². The number of amides is 1. The van der Waals surface area contributed by atoms with Gasteiger partial charge in [-0.1, -0.05) is 6.92 Å². The Bertz CT molecular complexity index is 332. The molecule has 2 heterocycles. The number of likely N-dealkylation sites (N-methyl/N-ethyl adjacent to an activating group) is 1. The molecule has 2 N–H and O–H groups in total. The van der Waals surface area contributed by atoms with Gasteiger partial charge in [0, 0.05) is 18.6 Å². The Morgan fingerprint density at radius 1 is 1.38 bits per heavy atom. The highest BCUT2D eigenvalue weighted by Gasteiger charge is 2.38. The van der Waals surface area contributed by atoms with E-state index in [2.05, 4.69) is 17.3 Å². The number of piperidine rings is 1. The number of rotatable bonds is 6. The van der Waals surface area contributed by atoms with Crippen molar-refractivity contribution in [2.24, 2.45) is 5.92 Å². The van der Waals surface area contributed by atoms with Crippen molar-refractivity contribution in [2.75, 3.05) is 53.0 Å². The molecule has 0 radical (unpaired) electrons. The molecule has 2 saturated heterocycles. The molecule has 6 heteroatoms. The van der Waals surface area contributed by atoms with E-state index in [1.165, 1.54) is 0 Å². The van der Waals surface area contributed by atoms with Gasteiger partial charge in [0.1, 0.15) is 0 Å². The molecule has 0 aliphatic carbocycles. The van der Waals surface area contributed by atoms with E-state index in [0.29, 0.717) is 19.8 Å². The van der Waals surface area contributed by atoms with Crippen LogP contribution in [0.4, 0.5) is 0 Å². The lowest BCUT2D eigenvalue weighted by Gasteiger charge is -2.38. The molecule has 0 bridgehead atoms. The predicted molar refractivity (Wildman–Crippen MR) is 81.1 cm³/mol. The van der Waals surface area contributed by atoms with Gasteiger partial charge >= 0.3 is 0 Å². The first-order chi connectivity index (χ1) is 10.2. The van der Waals surface area contributed by atoms with Gasteiger partial charge in [0.2, 0.25) is 5.91 Å². The first-order valence-electron chi connectivity index (χ1n) is 8.08. The molecule has 6 nitrogen and oxygen atoms in total. The Balaban J connectivity index is 2.01. The molecule has 122 valence electrons. The summed E-state index contributed by atoms with van der Waals surface area (Å²) >= 11 is 0. The van der Waals surface area contributed by atoms with E-state index >= 15 is 0 Å². The second-order valence-electron chi connectivity index (χ2n) is 6.10. The number of hydrogen-bond acceptors (Lipinski definition) is 5. The van der Waals surface area contributed by atoms with Crippen LogP contribution >= 0.6 is 0 Å². The van der Waals surface area contributed by atoms with Gasteiger partial charge < -0.3 is 25.0 Å². The molecular formula is C15H29N3O3. The third-order valence-corrected chi connectivity index (χ3v) is 4.62. The van der Waals surface area contributed by atoms with Crippen LogP contribution in [0.25, 0.3) is 0 Å². The summed E-state index contributed by atoms with van der Waals surface area (Å²) in [5.41, 5.74) is 0. The largest absolute Gasteiger partial charge is 0.395 e. The Kier molecular flexibility index (Phi) is 6.41. The first-order valence-corrected chi connectivity index (χ1v) is 8.08. The summed E-state index contributed by atoms with van der Waals surface area (Å²) in [5.74, 6) is 0.0261. The van der Waals surface area contributed by atoms with Crippen molar-refractivity contribution in [3.8, 4) is 0 Å². The van der Waals surface area contributed by atoms with Crippen LogP contribution in [0.15, 0.2) is 0 Å². The zero-order chi connectivity index (χ0) is 15.2. The van der Waals surface area contributed by atoms with Crippen LogP contribution in [-0.2, 0) is 9.53 Å². The SMILES string of the molecule is CCNC1COCC1C(=O)N(CCO)C1CCN(C)CC1. The van der Waals surface area contributed by atoms with Crippen LogP contribution in [0.1, 0.15) is 19.8 Å². The number of carbonyl (C=O) groups excluding carboxylic acids is 1. The van der Waals surface area contributed by atoms with E-state index in [-0.39, 0.29) is 30.5 Å². The second kappa shape index (κ2) is 8.08. The van der Waals surface area contributed by atoms with Gasteiger partial charge in [-0.05, 0) is 39.5 Å². The Hall–Kier alpha value is -0.690. The van der Waals surface area contributed by atoms with E-state index in [4.69, 9.17) is 4.74 Å². The molecule has 2 aliphatic rings. The summed E-state index contributed by atoms with van der Waals surface area (Å²) in [6.45, 7) is 6.46. The smallest absolute Gasteiger partial charge is 0.230 e. The normalized spacial score (nSPS) is 28.0. The van der Waals surface area contributed by atoms with E-state index < -0.39 is 0 Å². The molecular weight excluding hydrogens is 270 g/mol. The van der Waals surface area contributed by atoms with Crippen molar-refractivity contribution in [3.05, 3.63) is 0 Å². The van der Waals surface area contributed by atoms with Gasteiger partial charge in [0.15, 0.2) is 0 Å². The number of nitrogens with one attached hydrogen (secondary N) is 1. The average molecular weight is 299 g/mol. The van der Waals surface area contributed by atoms with Gasteiger partial charge in [0.05, 0.1) is 25.7 Å². The predicted octanol–water partition coefficient (Wildman–Crippen LogP) is -0.474. The minimum absolute atomic E-state index is 0.0253. The lowest BCUT2D eigenvalue weighted by molar-refractivity contribution is -0.140. The quantitative estimate of drug-likeness (QED) is 0.694. The third kappa shape index (κ3) is 4.16. The highest BCUT2D eigenvalue weighted by Crippen LogP contribution is 2.22. The van der Waals surface area contributed by atoms with Crippen molar-refractivity contribution in [1.82, 2.24) is 15.1 Å². The minimum atomic E-state index is -0.115. The maximum absolute atomic E-state index is 12.9. The zero-order valence-corrected chi connectivity index (χ0v) is 13.3. The van der Waals surface area contributed by atoms with Crippen LogP contribution in [-0.4, -0.2) is 85.9 Å². The van der Waals surface area contributed by atoms with Crippen LogP contribution < -0.4 is 5.32 Å². The number of nitrogens with zero attached hydrogens (tertiary/aromatic N) is 2. The summed E-state index contributed by atoms with van der Waals surface area (Å²) in [4.78, 5) is 17.1. The third-order valence-electron chi connectivity index (χ3n) is 4.62. The molecule has 1 amide bonds. The fourth-order valence-corrected chi connectivity index (χ4v) is 3.36. The maximum Gasteiger partial charge on any atom is 0.230 e. The molecule has 21 heavy (non-hydrogen) atoms. The van der Waals surface area contributed by atoms with E-state index in [0.717, 1.165) is 32.5 Å². The molecule has 2 atom stereocenters. The van der Waals surface area contributed by atoms with Crippen LogP contribution in [0, 0.1) is 5.92 Å². The van der Waals surface area contributed by atoms with E-state index in [1.807, 2.05) is 11.8 Å². The highest BCUT2D eigenvalue weighted by atomic mass is 16.5. The molecule has 2 rings (SSSR count). The molecule has 0 saturated carbocycles. The standard InChI is InChI=1S/C15H29N3O3/c1-3-16-14-11-21-10-13(14)15(20)18(8-9-19)12-4-6-17(2)7-5-12/h12-14,16,19H,3-11H2,1-2H3. The number of aliphatic hydroxyl groups is 1. The van der Waals surface area contributed by atoms with Crippen molar-refractivity contribution in [2.45, 2.75) is 31.8 Å². The number of hydrogen-bond donors (Lipinski definition) is 2. The molecule has 0 aromatic carbocycles. The number of carbonyl (C=O) groups is 1. The Labute approximate surface area is 127 Å². The highest BCUT2D eigenvalue weighted by molar-refractivity contribution is 5.80. The summed E-state index contributed by atoms with van der Waals surface area (Å²) < 4.78 is 5.50. The lowest BCUT2D eigenvalue weighted by atomic mass is 9.97. The summed E-state index contributed by atoms with van der Waals surface area (Å²) in [6, 6.07) is 0.360. The molecule has 2 unspecified atom stereocenters. The molecule has 0 aromatic heterocycles. The fraction of sp³-hybridized carbons (Fsp3) is 0.933.